The summed E-state index contributed by atoms with van der Waals surface area (Å²) >= 11 is 0. The number of hydrogen-bond acceptors (Lipinski definition) is 8. The third kappa shape index (κ3) is 29.4. The van der Waals surface area contributed by atoms with Crippen LogP contribution in [-0.2, 0) is 38.6 Å². The summed E-state index contributed by atoms with van der Waals surface area (Å²) in [6.07, 6.45) is 3.28. The van der Waals surface area contributed by atoms with Crippen LogP contribution in [0.1, 0.15) is 246 Å². The van der Waals surface area contributed by atoms with Crippen LogP contribution < -0.4 is 5.56 Å². The van der Waals surface area contributed by atoms with E-state index in [1.54, 1.807) is 21.5 Å². The summed E-state index contributed by atoms with van der Waals surface area (Å²) in [7, 11) is 9.38. The first kappa shape index (κ1) is 87.8. The van der Waals surface area contributed by atoms with E-state index in [2.05, 4.69) is 83.1 Å². The number of ether oxygens (including phenoxy) is 1. The topological polar surface area (TPSA) is 144 Å². The summed E-state index contributed by atoms with van der Waals surface area (Å²) in [5, 5.41) is 3.81. The van der Waals surface area contributed by atoms with Gasteiger partial charge in [0.1, 0.15) is 6.61 Å². The quantitative estimate of drug-likeness (QED) is 0.250. The van der Waals surface area contributed by atoms with Gasteiger partial charge in [0.15, 0.2) is 0 Å². The number of likely N-dealkylation sites (N-methyl/N-ethyl adjacent to an activating group) is 1. The Morgan fingerprint density at radius 1 is 0.462 bits per heavy atom. The first-order valence-corrected chi connectivity index (χ1v) is 28.9. The summed E-state index contributed by atoms with van der Waals surface area (Å²) in [5.41, 5.74) is 2.01. The Kier molecular flexibility index (Phi) is 44.3. The van der Waals surface area contributed by atoms with Crippen LogP contribution in [0.3, 0.4) is 0 Å². The van der Waals surface area contributed by atoms with Crippen molar-refractivity contribution in [2.24, 2.45) is 25.4 Å². The fourth-order valence-electron chi connectivity index (χ4n) is 8.50. The number of nitrogens with zero attached hydrogens (tertiary/aromatic N) is 9. The van der Waals surface area contributed by atoms with Crippen LogP contribution in [0.2, 0.25) is 0 Å². The van der Waals surface area contributed by atoms with Gasteiger partial charge in [-0.25, -0.2) is 14.6 Å². The molecule has 1 unspecified atom stereocenters. The van der Waals surface area contributed by atoms with Crippen molar-refractivity contribution in [2.45, 2.75) is 269 Å². The Morgan fingerprint density at radius 2 is 0.897 bits per heavy atom. The second-order valence-electron chi connectivity index (χ2n) is 24.3. The van der Waals surface area contributed by atoms with Gasteiger partial charge in [-0.1, -0.05) is 126 Å². The molecule has 5 saturated heterocycles. The highest BCUT2D eigenvalue weighted by Crippen LogP contribution is 2.34. The molecular formula is C62H133N9O7. The molecule has 0 saturated carbocycles. The lowest BCUT2D eigenvalue weighted by atomic mass is 9.80. The molecule has 0 radical (unpaired) electrons. The van der Waals surface area contributed by atoms with Crippen molar-refractivity contribution in [1.82, 2.24) is 43.9 Å². The Labute approximate surface area is 483 Å². The van der Waals surface area contributed by atoms with E-state index < -0.39 is 0 Å². The fraction of sp³-hybridized carbons (Fsp3) is 0.871. The Morgan fingerprint density at radius 3 is 1.05 bits per heavy atom. The lowest BCUT2D eigenvalue weighted by molar-refractivity contribution is -0.145. The monoisotopic (exact) mass is 1120 g/mol. The van der Waals surface area contributed by atoms with E-state index in [-0.39, 0.29) is 77.3 Å². The molecule has 0 bridgehead atoms. The molecule has 5 fully saturated rings. The molecule has 5 aliphatic rings. The number of likely N-dealkylation sites (tertiary alicyclic amines) is 2. The van der Waals surface area contributed by atoms with Crippen LogP contribution in [0.25, 0.3) is 0 Å². The second-order valence-corrected chi connectivity index (χ2v) is 24.3. The molecule has 1 aromatic heterocycles. The maximum Gasteiger partial charge on any atom is 0.410 e. The highest BCUT2D eigenvalue weighted by Gasteiger charge is 2.38. The number of hydrazine groups is 1. The molecule has 0 N–H and O–H groups in total. The molecule has 468 valence electrons. The number of cyclic esters (lactones) is 1. The fourth-order valence-corrected chi connectivity index (χ4v) is 8.50. The Hall–Kier alpha value is -4.08. The molecule has 1 atom stereocenters. The van der Waals surface area contributed by atoms with Crippen LogP contribution in [0.4, 0.5) is 9.59 Å². The summed E-state index contributed by atoms with van der Waals surface area (Å²) in [5.74, 6) is 1.11. The van der Waals surface area contributed by atoms with Crippen molar-refractivity contribution in [3.05, 3.63) is 21.6 Å². The zero-order valence-corrected chi connectivity index (χ0v) is 56.2. The molecule has 78 heavy (non-hydrogen) atoms. The molecule has 6 amide bonds. The molecule has 0 aliphatic carbocycles. The number of hydrogen-bond donors (Lipinski definition) is 0. The molecule has 1 aromatic rings. The maximum atomic E-state index is 11.8. The highest BCUT2D eigenvalue weighted by atomic mass is 16.6. The van der Waals surface area contributed by atoms with Crippen LogP contribution in [0, 0.1) is 18.3 Å². The van der Waals surface area contributed by atoms with Gasteiger partial charge in [0, 0.05) is 115 Å². The predicted octanol–water partition coefficient (Wildman–Crippen LogP) is 13.9. The minimum absolute atomic E-state index is 0. The third-order valence-corrected chi connectivity index (χ3v) is 12.4. The molecule has 0 spiro atoms. The summed E-state index contributed by atoms with van der Waals surface area (Å²) < 4.78 is 8.32. The average molecular weight is 1120 g/mol. The largest absolute Gasteiger partial charge is 0.448 e. The molecule has 5 aliphatic heterocycles. The smallest absolute Gasteiger partial charge is 0.410 e. The van der Waals surface area contributed by atoms with E-state index in [0.717, 1.165) is 69.8 Å². The van der Waals surface area contributed by atoms with Gasteiger partial charge < -0.3 is 24.3 Å². The van der Waals surface area contributed by atoms with Crippen LogP contribution >= 0.6 is 0 Å². The third-order valence-electron chi connectivity index (χ3n) is 12.4. The number of aromatic nitrogens is 2. The minimum Gasteiger partial charge on any atom is -0.448 e. The van der Waals surface area contributed by atoms with Gasteiger partial charge in [-0.3, -0.25) is 38.5 Å². The van der Waals surface area contributed by atoms with Gasteiger partial charge in [0.25, 0.3) is 5.56 Å². The Balaban J connectivity index is -0.000000149. The van der Waals surface area contributed by atoms with Gasteiger partial charge in [0.05, 0.1) is 12.1 Å². The molecule has 6 heterocycles. The van der Waals surface area contributed by atoms with Crippen molar-refractivity contribution in [2.75, 3.05) is 67.0 Å². The van der Waals surface area contributed by atoms with Gasteiger partial charge in [0.2, 0.25) is 17.7 Å². The zero-order chi connectivity index (χ0) is 61.9. The summed E-state index contributed by atoms with van der Waals surface area (Å²) in [6.45, 7) is 64.9. The standard InChI is InChI=1S/C10H18N2O.C9H17NO.2C8H16N2O.C8H15NO.C7H13NO2.5C2H6.2CH4/c1-7-8(10(2,3)4)9(13)12(6)11(7)5;1-9(2,3)7-5-6-10(4)8(7)11;1-8(2,3)10-6-5-9(4)7(10)11;1-8(2,3)10-7(11)5-6-9(10)4;1-8(2,3)9-6-4-5-7(9)10;1-7(2,3)8-4-5-10-6(8)9;5*1-2;;/h1-6H3;7H,5-6H2,1-4H3;2*5-6H2,1-4H3;4-6H2,1-3H3;4-5H2,1-3H3;5*1-2H3;2*1H4. The lowest BCUT2D eigenvalue weighted by Gasteiger charge is -2.36. The van der Waals surface area contributed by atoms with Crippen molar-refractivity contribution in [3.8, 4) is 0 Å². The van der Waals surface area contributed by atoms with E-state index in [0.29, 0.717) is 24.8 Å². The summed E-state index contributed by atoms with van der Waals surface area (Å²) in [4.78, 5) is 77.2. The first-order valence-electron chi connectivity index (χ1n) is 28.9. The highest BCUT2D eigenvalue weighted by molar-refractivity contribution is 5.81. The Bertz CT molecular complexity index is 1790. The molecular weight excluding hydrogens is 983 g/mol. The molecule has 6 rings (SSSR count). The van der Waals surface area contributed by atoms with Gasteiger partial charge in [-0.15, -0.1) is 0 Å². The van der Waals surface area contributed by atoms with Gasteiger partial charge in [-0.05, 0) is 114 Å². The summed E-state index contributed by atoms with van der Waals surface area (Å²) in [6, 6.07) is 0.150. The van der Waals surface area contributed by atoms with E-state index in [1.165, 1.54) is 0 Å². The van der Waals surface area contributed by atoms with Crippen molar-refractivity contribution in [3.63, 3.8) is 0 Å². The van der Waals surface area contributed by atoms with Crippen molar-refractivity contribution < 1.29 is 28.7 Å². The number of amides is 6. The number of carbonyl (C=O) groups excluding carboxylic acids is 5. The van der Waals surface area contributed by atoms with Gasteiger partial charge in [-0.2, -0.15) is 0 Å². The van der Waals surface area contributed by atoms with E-state index in [4.69, 9.17) is 4.74 Å². The number of carbonyl (C=O) groups is 5. The van der Waals surface area contributed by atoms with Crippen LogP contribution in [0.15, 0.2) is 4.79 Å². The SMILES string of the molecule is C.C.CC.CC.CC.CC.CC.CC(C)(C)N1CCCC1=O.CC(C)(C)N1CCOC1=O.CN1CCC(=O)N1C(C)(C)C.CN1CCC(C(C)(C)C)C1=O.CN1CCN(C(C)(C)C)C1=O.Cc1c(C(C)(C)C)c(=O)n(C)n1C. The zero-order valence-electron chi connectivity index (χ0n) is 56.2. The molecule has 16 nitrogen and oxygen atoms in total. The molecule has 16 heteroatoms. The normalized spacial score (nSPS) is 17.1. The lowest BCUT2D eigenvalue weighted by Crippen LogP contribution is -2.49. The van der Waals surface area contributed by atoms with Crippen molar-refractivity contribution in [1.29, 1.82) is 0 Å². The number of rotatable bonds is 0. The van der Waals surface area contributed by atoms with E-state index in [1.807, 2.05) is 175 Å². The average Bonchev–Trinajstić information content (AvgIpc) is 4.19. The minimum atomic E-state index is -0.187. The van der Waals surface area contributed by atoms with E-state index >= 15 is 0 Å². The maximum absolute atomic E-state index is 11.8. The van der Waals surface area contributed by atoms with Crippen LogP contribution in [-0.4, -0.2) is 163 Å². The molecule has 0 aromatic carbocycles. The van der Waals surface area contributed by atoms with Crippen LogP contribution in [0.5, 0.6) is 0 Å². The van der Waals surface area contributed by atoms with Gasteiger partial charge >= 0.3 is 12.1 Å². The first-order chi connectivity index (χ1) is 34.6. The second kappa shape index (κ2) is 39.3. The predicted molar refractivity (Wildman–Crippen MR) is 336 cm³/mol. The van der Waals surface area contributed by atoms with Crippen molar-refractivity contribution >= 4 is 29.8 Å². The number of urea groups is 1. The van der Waals surface area contributed by atoms with E-state index in [9.17, 15) is 28.8 Å².